The Hall–Kier alpha value is -1.42. The number of rotatable bonds is 9. The zero-order valence-electron chi connectivity index (χ0n) is 20.4. The van der Waals surface area contributed by atoms with Crippen LogP contribution in [0.3, 0.4) is 0 Å². The van der Waals surface area contributed by atoms with Gasteiger partial charge in [0.1, 0.15) is 0 Å². The Morgan fingerprint density at radius 3 is 2.21 bits per heavy atom. The molecule has 1 amide bonds. The maximum absolute atomic E-state index is 12.3. The maximum Gasteiger partial charge on any atom is 0.411 e. The van der Waals surface area contributed by atoms with Gasteiger partial charge in [0, 0.05) is 65.4 Å². The minimum atomic E-state index is -0.788. The van der Waals surface area contributed by atoms with Crippen LogP contribution < -0.4 is 0 Å². The Morgan fingerprint density at radius 1 is 0.909 bits per heavy atom. The first-order chi connectivity index (χ1) is 16.0. The van der Waals surface area contributed by atoms with Crippen LogP contribution in [0.25, 0.3) is 0 Å². The van der Waals surface area contributed by atoms with E-state index in [4.69, 9.17) is 9.84 Å². The fourth-order valence-electron chi connectivity index (χ4n) is 6.10. The molecule has 4 rings (SSSR count). The number of carbonyl (C=O) groups is 2. The second-order valence-electron chi connectivity index (χ2n) is 10.3. The summed E-state index contributed by atoms with van der Waals surface area (Å²) in [6.07, 6.45) is 9.76. The molecule has 4 aliphatic rings. The van der Waals surface area contributed by atoms with Crippen molar-refractivity contribution in [1.29, 1.82) is 0 Å². The summed E-state index contributed by atoms with van der Waals surface area (Å²) in [5.74, 6) is -0.788. The summed E-state index contributed by atoms with van der Waals surface area (Å²) in [6, 6.07) is 0.908. The number of carboxylic acid groups (broad SMARTS) is 1. The summed E-state index contributed by atoms with van der Waals surface area (Å²) >= 11 is 0. The highest BCUT2D eigenvalue weighted by atomic mass is 16.6. The van der Waals surface area contributed by atoms with Gasteiger partial charge in [0.2, 0.25) is 0 Å². The van der Waals surface area contributed by atoms with Crippen LogP contribution in [0.5, 0.6) is 0 Å². The molecule has 188 valence electrons. The third-order valence-electron chi connectivity index (χ3n) is 8.18. The molecular formula is C24H43N5O4. The van der Waals surface area contributed by atoms with E-state index in [1.54, 1.807) is 4.90 Å². The molecule has 3 aliphatic heterocycles. The van der Waals surface area contributed by atoms with Crippen molar-refractivity contribution in [3.63, 3.8) is 0 Å². The molecule has 3 saturated heterocycles. The van der Waals surface area contributed by atoms with Crippen LogP contribution in [0.4, 0.5) is 4.79 Å². The molecule has 0 spiro atoms. The number of aliphatic carboxylic acids is 1. The molecule has 1 aliphatic carbocycles. The van der Waals surface area contributed by atoms with Gasteiger partial charge in [-0.25, -0.2) is 4.79 Å². The minimum Gasteiger partial charge on any atom is -0.480 e. The normalized spacial score (nSPS) is 29.5. The monoisotopic (exact) mass is 465 g/mol. The summed E-state index contributed by atoms with van der Waals surface area (Å²) in [5.41, 5.74) is 0. The van der Waals surface area contributed by atoms with Crippen molar-refractivity contribution in [2.45, 2.75) is 69.7 Å². The van der Waals surface area contributed by atoms with E-state index in [0.29, 0.717) is 13.1 Å². The topological polar surface area (TPSA) is 79.8 Å². The molecule has 2 atom stereocenters. The number of hydrogen-bond donors (Lipinski definition) is 1. The van der Waals surface area contributed by atoms with Gasteiger partial charge in [-0.15, -0.1) is 0 Å². The average molecular weight is 466 g/mol. The fourth-order valence-corrected chi connectivity index (χ4v) is 6.10. The van der Waals surface area contributed by atoms with Gasteiger partial charge in [-0.1, -0.05) is 19.3 Å². The smallest absolute Gasteiger partial charge is 0.411 e. The van der Waals surface area contributed by atoms with Crippen LogP contribution in [-0.2, 0) is 9.53 Å². The van der Waals surface area contributed by atoms with E-state index >= 15 is 0 Å². The number of likely N-dealkylation sites (N-methyl/N-ethyl adjacent to an activating group) is 1. The second kappa shape index (κ2) is 11.8. The van der Waals surface area contributed by atoms with Crippen molar-refractivity contribution in [2.24, 2.45) is 0 Å². The predicted molar refractivity (Wildman–Crippen MR) is 126 cm³/mol. The van der Waals surface area contributed by atoms with Crippen LogP contribution in [0.2, 0.25) is 0 Å². The number of piperazine rings is 2. The number of nitrogens with zero attached hydrogens (tertiary/aromatic N) is 5. The number of carboxylic acids is 1. The number of cyclic esters (lactones) is 1. The van der Waals surface area contributed by atoms with E-state index in [1.165, 1.54) is 58.3 Å². The first kappa shape index (κ1) is 24.7. The number of ether oxygens (including phenoxy) is 1. The van der Waals surface area contributed by atoms with Crippen molar-refractivity contribution < 1.29 is 19.4 Å². The molecule has 0 aromatic carbocycles. The summed E-state index contributed by atoms with van der Waals surface area (Å²) in [6.45, 7) is 8.89. The Balaban J connectivity index is 1.16. The molecule has 0 radical (unpaired) electrons. The fraction of sp³-hybridized carbons (Fsp3) is 0.917. The Labute approximate surface area is 198 Å². The highest BCUT2D eigenvalue weighted by Crippen LogP contribution is 2.27. The third kappa shape index (κ3) is 6.59. The van der Waals surface area contributed by atoms with Gasteiger partial charge in [-0.3, -0.25) is 19.5 Å². The summed E-state index contributed by atoms with van der Waals surface area (Å²) in [5, 5.41) is 9.00. The Bertz CT molecular complexity index is 643. The quantitative estimate of drug-likeness (QED) is 0.515. The Kier molecular flexibility index (Phi) is 8.85. The lowest BCUT2D eigenvalue weighted by atomic mass is 9.94. The summed E-state index contributed by atoms with van der Waals surface area (Å²) < 4.78 is 5.72. The Morgan fingerprint density at radius 2 is 1.55 bits per heavy atom. The lowest BCUT2D eigenvalue weighted by molar-refractivity contribution is -0.139. The third-order valence-corrected chi connectivity index (χ3v) is 8.18. The van der Waals surface area contributed by atoms with E-state index in [9.17, 15) is 9.59 Å². The zero-order valence-corrected chi connectivity index (χ0v) is 20.4. The van der Waals surface area contributed by atoms with E-state index in [-0.39, 0.29) is 24.9 Å². The van der Waals surface area contributed by atoms with Crippen molar-refractivity contribution in [3.8, 4) is 0 Å². The molecule has 33 heavy (non-hydrogen) atoms. The molecule has 2 unspecified atom stereocenters. The van der Waals surface area contributed by atoms with Gasteiger partial charge in [0.15, 0.2) is 6.23 Å². The average Bonchev–Trinajstić information content (AvgIpc) is 3.11. The standard InChI is InChI=1S/C24H43N5O4/c1-25-21(23(33-24(25)32)29-17-13-27(14-18-29)19-22(30)31)9-5-6-10-26-11-15-28(16-12-26)20-7-3-2-4-8-20/h20-21,23H,2-19H2,1H3,(H,30,31). The van der Waals surface area contributed by atoms with Crippen LogP contribution in [0.1, 0.15) is 51.4 Å². The highest BCUT2D eigenvalue weighted by Gasteiger charge is 2.43. The van der Waals surface area contributed by atoms with Crippen LogP contribution in [-0.4, -0.2) is 132 Å². The van der Waals surface area contributed by atoms with E-state index in [0.717, 1.165) is 44.9 Å². The predicted octanol–water partition coefficient (Wildman–Crippen LogP) is 1.59. The van der Waals surface area contributed by atoms with Crippen LogP contribution in [0, 0.1) is 0 Å². The molecule has 9 heteroatoms. The van der Waals surface area contributed by atoms with Gasteiger partial charge < -0.3 is 19.6 Å². The largest absolute Gasteiger partial charge is 0.480 e. The number of unbranched alkanes of at least 4 members (excludes halogenated alkanes) is 1. The van der Waals surface area contributed by atoms with Crippen molar-refractivity contribution in [2.75, 3.05) is 72.5 Å². The minimum absolute atomic E-state index is 0.0756. The number of amides is 1. The first-order valence-electron chi connectivity index (χ1n) is 13.1. The zero-order chi connectivity index (χ0) is 23.2. The van der Waals surface area contributed by atoms with Crippen molar-refractivity contribution >= 4 is 12.1 Å². The number of carbonyl (C=O) groups excluding carboxylic acids is 1. The molecule has 1 saturated carbocycles. The lowest BCUT2D eigenvalue weighted by Crippen LogP contribution is -2.54. The summed E-state index contributed by atoms with van der Waals surface area (Å²) in [7, 11) is 1.85. The SMILES string of the molecule is CN1C(=O)OC(N2CCN(CC(=O)O)CC2)C1CCCCN1CCN(C2CCCCC2)CC1. The van der Waals surface area contributed by atoms with Crippen molar-refractivity contribution in [1.82, 2.24) is 24.5 Å². The molecule has 0 aromatic heterocycles. The van der Waals surface area contributed by atoms with Crippen LogP contribution >= 0.6 is 0 Å². The molecule has 1 N–H and O–H groups in total. The van der Waals surface area contributed by atoms with E-state index < -0.39 is 5.97 Å². The van der Waals surface area contributed by atoms with Gasteiger partial charge >= 0.3 is 12.1 Å². The lowest BCUT2D eigenvalue weighted by Gasteiger charge is -2.41. The highest BCUT2D eigenvalue weighted by molar-refractivity contribution is 5.70. The van der Waals surface area contributed by atoms with E-state index in [2.05, 4.69) is 14.7 Å². The van der Waals surface area contributed by atoms with Crippen molar-refractivity contribution in [3.05, 3.63) is 0 Å². The molecular weight excluding hydrogens is 422 g/mol. The van der Waals surface area contributed by atoms with Gasteiger partial charge in [0.25, 0.3) is 0 Å². The maximum atomic E-state index is 12.3. The molecule has 0 aromatic rings. The molecule has 3 heterocycles. The number of hydrogen-bond acceptors (Lipinski definition) is 7. The molecule has 4 fully saturated rings. The van der Waals surface area contributed by atoms with Gasteiger partial charge in [-0.05, 0) is 38.6 Å². The van der Waals surface area contributed by atoms with E-state index in [1.807, 2.05) is 11.9 Å². The van der Waals surface area contributed by atoms with Gasteiger partial charge in [-0.2, -0.15) is 0 Å². The second-order valence-corrected chi connectivity index (χ2v) is 10.3. The first-order valence-corrected chi connectivity index (χ1v) is 13.1. The van der Waals surface area contributed by atoms with Gasteiger partial charge in [0.05, 0.1) is 12.6 Å². The summed E-state index contributed by atoms with van der Waals surface area (Å²) in [4.78, 5) is 34.5. The van der Waals surface area contributed by atoms with Crippen LogP contribution in [0.15, 0.2) is 0 Å². The molecule has 9 nitrogen and oxygen atoms in total. The molecule has 0 bridgehead atoms.